The highest BCUT2D eigenvalue weighted by Gasteiger charge is 2.14. The SMILES string of the molecule is O=c1ccc2cccnc2n1NC1CCCCC1. The first-order chi connectivity index (χ1) is 8.84. The maximum atomic E-state index is 12.0. The normalized spacial score (nSPS) is 16.9. The number of hydrogen-bond acceptors (Lipinski definition) is 3. The molecule has 3 rings (SSSR count). The van der Waals surface area contributed by atoms with Gasteiger partial charge in [-0.3, -0.25) is 4.79 Å². The lowest BCUT2D eigenvalue weighted by Crippen LogP contribution is -2.37. The third-order valence-electron chi connectivity index (χ3n) is 3.57. The molecule has 1 aliphatic carbocycles. The molecule has 2 heterocycles. The van der Waals surface area contributed by atoms with Crippen LogP contribution in [0.1, 0.15) is 32.1 Å². The molecule has 0 aliphatic heterocycles. The average molecular weight is 243 g/mol. The van der Waals surface area contributed by atoms with Crippen LogP contribution in [0.2, 0.25) is 0 Å². The fourth-order valence-electron chi connectivity index (χ4n) is 2.61. The van der Waals surface area contributed by atoms with Gasteiger partial charge in [0, 0.05) is 23.7 Å². The quantitative estimate of drug-likeness (QED) is 0.880. The highest BCUT2D eigenvalue weighted by molar-refractivity contribution is 5.74. The summed E-state index contributed by atoms with van der Waals surface area (Å²) in [5.41, 5.74) is 4.02. The highest BCUT2D eigenvalue weighted by atomic mass is 16.1. The number of fused-ring (bicyclic) bond motifs is 1. The van der Waals surface area contributed by atoms with E-state index in [0.29, 0.717) is 6.04 Å². The van der Waals surface area contributed by atoms with Gasteiger partial charge in [-0.25, -0.2) is 9.66 Å². The largest absolute Gasteiger partial charge is 0.318 e. The summed E-state index contributed by atoms with van der Waals surface area (Å²) in [6, 6.07) is 7.67. The van der Waals surface area contributed by atoms with E-state index in [1.807, 2.05) is 18.2 Å². The molecule has 1 aliphatic rings. The second-order valence-electron chi connectivity index (χ2n) is 4.89. The fraction of sp³-hybridized carbons (Fsp3) is 0.429. The van der Waals surface area contributed by atoms with Crippen LogP contribution in [0.25, 0.3) is 11.0 Å². The molecular weight excluding hydrogens is 226 g/mol. The van der Waals surface area contributed by atoms with Gasteiger partial charge in [-0.2, -0.15) is 0 Å². The Morgan fingerprint density at radius 3 is 2.83 bits per heavy atom. The molecule has 2 aromatic rings. The van der Waals surface area contributed by atoms with Crippen molar-refractivity contribution < 1.29 is 0 Å². The molecule has 0 aromatic carbocycles. The minimum atomic E-state index is -0.0354. The van der Waals surface area contributed by atoms with Gasteiger partial charge in [0.15, 0.2) is 5.65 Å². The zero-order valence-corrected chi connectivity index (χ0v) is 10.3. The topological polar surface area (TPSA) is 46.9 Å². The summed E-state index contributed by atoms with van der Waals surface area (Å²) in [6.07, 6.45) is 7.78. The maximum absolute atomic E-state index is 12.0. The molecule has 4 nitrogen and oxygen atoms in total. The van der Waals surface area contributed by atoms with E-state index in [4.69, 9.17) is 0 Å². The fourth-order valence-corrected chi connectivity index (χ4v) is 2.61. The Labute approximate surface area is 106 Å². The van der Waals surface area contributed by atoms with Crippen LogP contribution in [-0.4, -0.2) is 15.7 Å². The molecule has 0 bridgehead atoms. The summed E-state index contributed by atoms with van der Waals surface area (Å²) in [4.78, 5) is 16.3. The Kier molecular flexibility index (Phi) is 3.00. The summed E-state index contributed by atoms with van der Waals surface area (Å²) in [6.45, 7) is 0. The van der Waals surface area contributed by atoms with E-state index in [1.54, 1.807) is 16.9 Å². The van der Waals surface area contributed by atoms with Gasteiger partial charge in [-0.1, -0.05) is 19.3 Å². The standard InChI is InChI=1S/C14H17N3O/c18-13-9-8-11-5-4-10-15-14(11)17(13)16-12-6-2-1-3-7-12/h4-5,8-10,12,16H,1-3,6-7H2. The van der Waals surface area contributed by atoms with Crippen molar-refractivity contribution in [2.75, 3.05) is 5.43 Å². The Morgan fingerprint density at radius 2 is 2.00 bits per heavy atom. The number of hydrogen-bond donors (Lipinski definition) is 1. The third-order valence-corrected chi connectivity index (χ3v) is 3.57. The van der Waals surface area contributed by atoms with Crippen LogP contribution in [0.5, 0.6) is 0 Å². The van der Waals surface area contributed by atoms with Crippen molar-refractivity contribution in [1.29, 1.82) is 0 Å². The summed E-state index contributed by atoms with van der Waals surface area (Å²) >= 11 is 0. The van der Waals surface area contributed by atoms with Crippen LogP contribution >= 0.6 is 0 Å². The minimum absolute atomic E-state index is 0.0354. The van der Waals surface area contributed by atoms with E-state index in [-0.39, 0.29) is 5.56 Å². The molecular formula is C14H17N3O. The van der Waals surface area contributed by atoms with Crippen molar-refractivity contribution in [3.05, 3.63) is 40.8 Å². The molecule has 0 radical (unpaired) electrons. The molecule has 2 aromatic heterocycles. The smallest absolute Gasteiger partial charge is 0.270 e. The zero-order valence-electron chi connectivity index (χ0n) is 10.3. The predicted octanol–water partition coefficient (Wildman–Crippen LogP) is 2.27. The Bertz CT molecular complexity index is 599. The lowest BCUT2D eigenvalue weighted by atomic mass is 9.96. The van der Waals surface area contributed by atoms with Crippen LogP contribution in [0, 0.1) is 0 Å². The first-order valence-corrected chi connectivity index (χ1v) is 6.58. The Hall–Kier alpha value is -1.84. The summed E-state index contributed by atoms with van der Waals surface area (Å²) < 4.78 is 1.60. The van der Waals surface area contributed by atoms with Gasteiger partial charge in [0.05, 0.1) is 0 Å². The van der Waals surface area contributed by atoms with Gasteiger partial charge in [-0.05, 0) is 31.0 Å². The van der Waals surface area contributed by atoms with Crippen molar-refractivity contribution in [1.82, 2.24) is 9.66 Å². The third kappa shape index (κ3) is 2.10. The monoisotopic (exact) mass is 243 g/mol. The van der Waals surface area contributed by atoms with E-state index in [0.717, 1.165) is 23.9 Å². The van der Waals surface area contributed by atoms with Crippen LogP contribution in [0.3, 0.4) is 0 Å². The van der Waals surface area contributed by atoms with Crippen molar-refractivity contribution >= 4 is 11.0 Å². The van der Waals surface area contributed by atoms with Gasteiger partial charge in [0.25, 0.3) is 5.56 Å². The summed E-state index contributed by atoms with van der Waals surface area (Å²) in [7, 11) is 0. The second kappa shape index (κ2) is 4.80. The number of pyridine rings is 2. The number of rotatable bonds is 2. The van der Waals surface area contributed by atoms with Crippen molar-refractivity contribution in [2.45, 2.75) is 38.1 Å². The second-order valence-corrected chi connectivity index (χ2v) is 4.89. The van der Waals surface area contributed by atoms with Crippen LogP contribution in [0.4, 0.5) is 0 Å². The van der Waals surface area contributed by atoms with Gasteiger partial charge in [0.2, 0.25) is 0 Å². The average Bonchev–Trinajstić information content (AvgIpc) is 2.43. The molecule has 0 spiro atoms. The highest BCUT2D eigenvalue weighted by Crippen LogP contribution is 2.18. The van der Waals surface area contributed by atoms with Crippen molar-refractivity contribution in [2.24, 2.45) is 0 Å². The van der Waals surface area contributed by atoms with Crippen molar-refractivity contribution in [3.63, 3.8) is 0 Å². The number of nitrogens with zero attached hydrogens (tertiary/aromatic N) is 2. The molecule has 4 heteroatoms. The Morgan fingerprint density at radius 1 is 1.17 bits per heavy atom. The molecule has 0 saturated heterocycles. The van der Waals surface area contributed by atoms with Crippen LogP contribution in [0.15, 0.2) is 35.3 Å². The van der Waals surface area contributed by atoms with E-state index in [2.05, 4.69) is 10.4 Å². The number of aromatic nitrogens is 2. The van der Waals surface area contributed by atoms with Crippen LogP contribution in [-0.2, 0) is 0 Å². The minimum Gasteiger partial charge on any atom is -0.318 e. The van der Waals surface area contributed by atoms with E-state index >= 15 is 0 Å². The molecule has 0 unspecified atom stereocenters. The van der Waals surface area contributed by atoms with E-state index in [9.17, 15) is 4.79 Å². The zero-order chi connectivity index (χ0) is 12.4. The first-order valence-electron chi connectivity index (χ1n) is 6.58. The molecule has 0 amide bonds. The number of nitrogens with one attached hydrogen (secondary N) is 1. The van der Waals surface area contributed by atoms with E-state index < -0.39 is 0 Å². The molecule has 1 saturated carbocycles. The lowest BCUT2D eigenvalue weighted by Gasteiger charge is -2.25. The van der Waals surface area contributed by atoms with Gasteiger partial charge in [-0.15, -0.1) is 0 Å². The summed E-state index contributed by atoms with van der Waals surface area (Å²) in [5, 5.41) is 0.986. The van der Waals surface area contributed by atoms with Gasteiger partial charge >= 0.3 is 0 Å². The van der Waals surface area contributed by atoms with Gasteiger partial charge < -0.3 is 5.43 Å². The van der Waals surface area contributed by atoms with Gasteiger partial charge in [0.1, 0.15) is 0 Å². The lowest BCUT2D eigenvalue weighted by molar-refractivity contribution is 0.438. The molecule has 94 valence electrons. The molecule has 18 heavy (non-hydrogen) atoms. The maximum Gasteiger partial charge on any atom is 0.270 e. The van der Waals surface area contributed by atoms with Crippen molar-refractivity contribution in [3.8, 4) is 0 Å². The first kappa shape index (κ1) is 11.3. The summed E-state index contributed by atoms with van der Waals surface area (Å²) in [5.74, 6) is 0. The van der Waals surface area contributed by atoms with Crippen LogP contribution < -0.4 is 11.0 Å². The molecule has 1 fully saturated rings. The van der Waals surface area contributed by atoms with E-state index in [1.165, 1.54) is 19.3 Å². The molecule has 1 N–H and O–H groups in total. The molecule has 0 atom stereocenters. The Balaban J connectivity index is 1.99. The predicted molar refractivity (Wildman–Crippen MR) is 72.2 cm³/mol.